The van der Waals surface area contributed by atoms with Gasteiger partial charge in [-0.05, 0) is 55.8 Å². The number of likely N-dealkylation sites (tertiary alicyclic amines) is 1. The summed E-state index contributed by atoms with van der Waals surface area (Å²) in [6.45, 7) is 3.02. The number of ether oxygens (including phenoxy) is 1. The van der Waals surface area contributed by atoms with Crippen LogP contribution in [0.2, 0.25) is 0 Å². The number of carbonyl (C=O) groups is 1. The highest BCUT2D eigenvalue weighted by molar-refractivity contribution is 7.09. The zero-order valence-corrected chi connectivity index (χ0v) is 18.0. The number of methoxy groups -OCH3 is 1. The average molecular weight is 414 g/mol. The number of hydrogen-bond donors (Lipinski definition) is 1. The Morgan fingerprint density at radius 1 is 1.24 bits per heavy atom. The maximum absolute atomic E-state index is 12.9. The fraction of sp³-hybridized carbons (Fsp3) is 0.565. The molecule has 2 fully saturated rings. The topological polar surface area (TPSA) is 54.5 Å². The van der Waals surface area contributed by atoms with Crippen LogP contribution in [0.5, 0.6) is 5.75 Å². The summed E-state index contributed by atoms with van der Waals surface area (Å²) in [5.74, 6) is 1.72. The predicted molar refractivity (Wildman–Crippen MR) is 116 cm³/mol. The van der Waals surface area contributed by atoms with E-state index in [1.54, 1.807) is 18.4 Å². The summed E-state index contributed by atoms with van der Waals surface area (Å²) < 4.78 is 5.27. The summed E-state index contributed by atoms with van der Waals surface area (Å²) >= 11 is 1.66. The Labute approximate surface area is 177 Å². The molecule has 6 heteroatoms. The van der Waals surface area contributed by atoms with Gasteiger partial charge in [0.05, 0.1) is 13.2 Å². The molecule has 2 atom stereocenters. The number of aromatic nitrogens is 1. The lowest BCUT2D eigenvalue weighted by Crippen LogP contribution is -2.43. The molecule has 29 heavy (non-hydrogen) atoms. The highest BCUT2D eigenvalue weighted by Crippen LogP contribution is 2.33. The van der Waals surface area contributed by atoms with Crippen molar-refractivity contribution in [1.82, 2.24) is 15.2 Å². The third-order valence-corrected chi connectivity index (χ3v) is 7.18. The highest BCUT2D eigenvalue weighted by atomic mass is 32.1. The first-order chi connectivity index (χ1) is 14.2. The van der Waals surface area contributed by atoms with Crippen molar-refractivity contribution in [3.05, 3.63) is 46.4 Å². The number of nitrogens with zero attached hydrogens (tertiary/aromatic N) is 2. The molecule has 4 rings (SSSR count). The molecular weight excluding hydrogens is 382 g/mol. The molecule has 5 nitrogen and oxygen atoms in total. The molecular formula is C23H31N3O2S. The summed E-state index contributed by atoms with van der Waals surface area (Å²) in [6.07, 6.45) is 8.57. The minimum atomic E-state index is 0.0294. The lowest BCUT2D eigenvalue weighted by molar-refractivity contribution is -0.126. The van der Waals surface area contributed by atoms with Crippen LogP contribution in [0.15, 0.2) is 35.8 Å². The molecule has 1 amide bonds. The molecule has 1 N–H and O–H groups in total. The van der Waals surface area contributed by atoms with Crippen LogP contribution in [-0.4, -0.2) is 36.0 Å². The van der Waals surface area contributed by atoms with Gasteiger partial charge in [0.2, 0.25) is 5.91 Å². The molecule has 1 saturated heterocycles. The number of hydrogen-bond acceptors (Lipinski definition) is 5. The Hall–Kier alpha value is -1.92. The van der Waals surface area contributed by atoms with Crippen molar-refractivity contribution in [3.63, 3.8) is 0 Å². The fourth-order valence-corrected chi connectivity index (χ4v) is 5.51. The van der Waals surface area contributed by atoms with Crippen LogP contribution >= 0.6 is 11.3 Å². The van der Waals surface area contributed by atoms with Gasteiger partial charge in [0.25, 0.3) is 0 Å². The van der Waals surface area contributed by atoms with Crippen LogP contribution in [-0.2, 0) is 11.3 Å². The molecule has 156 valence electrons. The van der Waals surface area contributed by atoms with E-state index in [1.807, 2.05) is 23.7 Å². The molecule has 0 bridgehead atoms. The molecule has 1 aromatic heterocycles. The minimum absolute atomic E-state index is 0.0294. The van der Waals surface area contributed by atoms with E-state index in [9.17, 15) is 4.79 Å². The molecule has 2 heterocycles. The number of piperidine rings is 1. The maximum atomic E-state index is 12.9. The van der Waals surface area contributed by atoms with Gasteiger partial charge in [-0.15, -0.1) is 11.3 Å². The van der Waals surface area contributed by atoms with E-state index in [4.69, 9.17) is 4.74 Å². The van der Waals surface area contributed by atoms with Gasteiger partial charge in [-0.25, -0.2) is 4.98 Å². The molecule has 1 aliphatic carbocycles. The lowest BCUT2D eigenvalue weighted by Gasteiger charge is -2.37. The van der Waals surface area contributed by atoms with E-state index in [1.165, 1.54) is 18.4 Å². The van der Waals surface area contributed by atoms with Crippen molar-refractivity contribution in [1.29, 1.82) is 0 Å². The molecule has 1 aromatic carbocycles. The third-order valence-electron chi connectivity index (χ3n) is 6.32. The Kier molecular flexibility index (Phi) is 6.82. The van der Waals surface area contributed by atoms with Crippen LogP contribution in [0.3, 0.4) is 0 Å². The second-order valence-corrected chi connectivity index (χ2v) is 9.25. The summed E-state index contributed by atoms with van der Waals surface area (Å²) in [5, 5.41) is 6.46. The molecule has 1 aliphatic heterocycles. The smallest absolute Gasteiger partial charge is 0.223 e. The Morgan fingerprint density at radius 2 is 2.03 bits per heavy atom. The van der Waals surface area contributed by atoms with Crippen LogP contribution in [0, 0.1) is 11.8 Å². The molecule has 1 saturated carbocycles. The van der Waals surface area contributed by atoms with Crippen LogP contribution < -0.4 is 10.1 Å². The molecule has 2 aliphatic rings. The van der Waals surface area contributed by atoms with Gasteiger partial charge in [-0.2, -0.15) is 0 Å². The summed E-state index contributed by atoms with van der Waals surface area (Å²) in [6, 6.07) is 8.36. The standard InChI is InChI=1S/C23H31N3O2S/c1-28-20-10-8-17(9-11-20)15-26-13-4-7-19(16-26)21(23-24-12-14-29-23)25-22(27)18-5-2-3-6-18/h8-12,14,18-19,21H,2-7,13,15-16H2,1H3,(H,25,27)/t19-,21-/m1/s1. The van der Waals surface area contributed by atoms with Crippen molar-refractivity contribution in [2.75, 3.05) is 20.2 Å². The SMILES string of the molecule is COc1ccc(CN2CCC[C@@H]([C@@H](NC(=O)C3CCCC3)c3nccs3)C2)cc1. The van der Waals surface area contributed by atoms with Crippen molar-refractivity contribution in [2.24, 2.45) is 11.8 Å². The van der Waals surface area contributed by atoms with Crippen LogP contribution in [0.25, 0.3) is 0 Å². The molecule has 2 aromatic rings. The number of thiazole rings is 1. The first-order valence-corrected chi connectivity index (χ1v) is 11.7. The number of carbonyl (C=O) groups excluding carboxylic acids is 1. The largest absolute Gasteiger partial charge is 0.497 e. The monoisotopic (exact) mass is 413 g/mol. The minimum Gasteiger partial charge on any atom is -0.497 e. The number of amides is 1. The first kappa shape index (κ1) is 20.4. The molecule has 0 radical (unpaired) electrons. The number of rotatable bonds is 7. The average Bonchev–Trinajstić information content (AvgIpc) is 3.47. The zero-order chi connectivity index (χ0) is 20.1. The summed E-state index contributed by atoms with van der Waals surface area (Å²) in [4.78, 5) is 19.9. The summed E-state index contributed by atoms with van der Waals surface area (Å²) in [5.41, 5.74) is 1.30. The third kappa shape index (κ3) is 5.17. The Bertz CT molecular complexity index is 772. The normalized spacial score (nSPS) is 21.8. The molecule has 0 unspecified atom stereocenters. The highest BCUT2D eigenvalue weighted by Gasteiger charge is 2.33. The van der Waals surface area contributed by atoms with E-state index < -0.39 is 0 Å². The van der Waals surface area contributed by atoms with Crippen LogP contribution in [0.4, 0.5) is 0 Å². The van der Waals surface area contributed by atoms with Crippen molar-refractivity contribution in [3.8, 4) is 5.75 Å². The fourth-order valence-electron chi connectivity index (χ4n) is 4.72. The van der Waals surface area contributed by atoms with Gasteiger partial charge in [0, 0.05) is 30.6 Å². The van der Waals surface area contributed by atoms with Gasteiger partial charge in [-0.3, -0.25) is 9.69 Å². The predicted octanol–water partition coefficient (Wildman–Crippen LogP) is 4.41. The Balaban J connectivity index is 1.43. The van der Waals surface area contributed by atoms with Gasteiger partial charge in [0.1, 0.15) is 10.8 Å². The van der Waals surface area contributed by atoms with E-state index in [-0.39, 0.29) is 17.9 Å². The first-order valence-electron chi connectivity index (χ1n) is 10.8. The Morgan fingerprint density at radius 3 is 2.72 bits per heavy atom. The number of nitrogens with one attached hydrogen (secondary N) is 1. The van der Waals surface area contributed by atoms with E-state index >= 15 is 0 Å². The quantitative estimate of drug-likeness (QED) is 0.730. The second kappa shape index (κ2) is 9.72. The van der Waals surface area contributed by atoms with E-state index in [0.717, 1.165) is 56.1 Å². The number of benzene rings is 1. The van der Waals surface area contributed by atoms with Crippen molar-refractivity contribution in [2.45, 2.75) is 51.1 Å². The van der Waals surface area contributed by atoms with Crippen molar-refractivity contribution < 1.29 is 9.53 Å². The van der Waals surface area contributed by atoms with Gasteiger partial charge >= 0.3 is 0 Å². The van der Waals surface area contributed by atoms with Crippen molar-refractivity contribution >= 4 is 17.2 Å². The summed E-state index contributed by atoms with van der Waals surface area (Å²) in [7, 11) is 1.70. The van der Waals surface area contributed by atoms with Gasteiger partial charge in [-0.1, -0.05) is 25.0 Å². The maximum Gasteiger partial charge on any atom is 0.223 e. The van der Waals surface area contributed by atoms with Gasteiger partial charge in [0.15, 0.2) is 0 Å². The van der Waals surface area contributed by atoms with Crippen LogP contribution in [0.1, 0.15) is 55.1 Å². The second-order valence-electron chi connectivity index (χ2n) is 8.32. The van der Waals surface area contributed by atoms with E-state index in [0.29, 0.717) is 5.92 Å². The van der Waals surface area contributed by atoms with Gasteiger partial charge < -0.3 is 10.1 Å². The molecule has 0 spiro atoms. The lowest BCUT2D eigenvalue weighted by atomic mass is 9.90. The van der Waals surface area contributed by atoms with E-state index in [2.05, 4.69) is 27.3 Å². The zero-order valence-electron chi connectivity index (χ0n) is 17.2.